The summed E-state index contributed by atoms with van der Waals surface area (Å²) in [5, 5.41) is 12.9. The summed E-state index contributed by atoms with van der Waals surface area (Å²) >= 11 is 1.52. The molecule has 184 valence electrons. The minimum atomic E-state index is -0.536. The van der Waals surface area contributed by atoms with E-state index in [1.165, 1.54) is 52.6 Å². The zero-order valence-corrected chi connectivity index (χ0v) is 20.1. The number of rotatable bonds is 12. The summed E-state index contributed by atoms with van der Waals surface area (Å²) in [5.41, 5.74) is 0.901. The van der Waals surface area contributed by atoms with Gasteiger partial charge in [0.15, 0.2) is 0 Å². The summed E-state index contributed by atoms with van der Waals surface area (Å²) < 4.78 is 18.4. The maximum absolute atomic E-state index is 13.4. The summed E-state index contributed by atoms with van der Waals surface area (Å²) in [7, 11) is 1.55. The minimum Gasteiger partial charge on any atom is -0.385 e. The van der Waals surface area contributed by atoms with Gasteiger partial charge in [0.2, 0.25) is 5.91 Å². The van der Waals surface area contributed by atoms with Crippen molar-refractivity contribution in [3.05, 3.63) is 98.0 Å². The molecule has 0 N–H and O–H groups in total. The van der Waals surface area contributed by atoms with Crippen LogP contribution in [-0.4, -0.2) is 53.3 Å². The van der Waals surface area contributed by atoms with Crippen molar-refractivity contribution in [2.45, 2.75) is 19.5 Å². The number of amides is 2. The van der Waals surface area contributed by atoms with E-state index in [0.717, 1.165) is 10.4 Å². The summed E-state index contributed by atoms with van der Waals surface area (Å²) in [6.45, 7) is 1.12. The molecule has 0 fully saturated rings. The van der Waals surface area contributed by atoms with Gasteiger partial charge >= 0.3 is 0 Å². The molecule has 8 nitrogen and oxygen atoms in total. The highest BCUT2D eigenvalue weighted by atomic mass is 32.1. The predicted octanol–water partition coefficient (Wildman–Crippen LogP) is 4.50. The highest BCUT2D eigenvalue weighted by molar-refractivity contribution is 7.09. The van der Waals surface area contributed by atoms with Crippen molar-refractivity contribution in [3.8, 4) is 0 Å². The topological polar surface area (TPSA) is 93.0 Å². The van der Waals surface area contributed by atoms with Crippen LogP contribution in [-0.2, 0) is 22.6 Å². The van der Waals surface area contributed by atoms with Gasteiger partial charge in [0.05, 0.1) is 11.5 Å². The van der Waals surface area contributed by atoms with Crippen LogP contribution in [0.1, 0.15) is 27.2 Å². The van der Waals surface area contributed by atoms with Crippen LogP contribution in [0.3, 0.4) is 0 Å². The number of hydrogen-bond acceptors (Lipinski definition) is 6. The molecule has 2 amide bonds. The minimum absolute atomic E-state index is 0.120. The molecule has 1 heterocycles. The first-order chi connectivity index (χ1) is 16.9. The summed E-state index contributed by atoms with van der Waals surface area (Å²) in [6, 6.07) is 15.1. The van der Waals surface area contributed by atoms with Gasteiger partial charge in [-0.25, -0.2) is 4.39 Å². The van der Waals surface area contributed by atoms with Gasteiger partial charge in [-0.1, -0.05) is 18.2 Å². The monoisotopic (exact) mass is 499 g/mol. The molecule has 0 radical (unpaired) electrons. The van der Waals surface area contributed by atoms with Crippen molar-refractivity contribution in [1.29, 1.82) is 0 Å². The molecule has 0 bridgehead atoms. The molecule has 0 saturated heterocycles. The second-order valence-electron chi connectivity index (χ2n) is 7.83. The van der Waals surface area contributed by atoms with Crippen LogP contribution in [0.4, 0.5) is 10.1 Å². The molecule has 0 aliphatic carbocycles. The Balaban J connectivity index is 1.79. The highest BCUT2D eigenvalue weighted by Gasteiger charge is 2.23. The van der Waals surface area contributed by atoms with E-state index in [9.17, 15) is 24.1 Å². The summed E-state index contributed by atoms with van der Waals surface area (Å²) in [4.78, 5) is 41.0. The fourth-order valence-corrected chi connectivity index (χ4v) is 4.18. The summed E-state index contributed by atoms with van der Waals surface area (Å²) in [5.74, 6) is -1.03. The van der Waals surface area contributed by atoms with Crippen LogP contribution in [0.5, 0.6) is 0 Å². The van der Waals surface area contributed by atoms with Gasteiger partial charge in [0.25, 0.3) is 11.6 Å². The average Bonchev–Trinajstić information content (AvgIpc) is 3.37. The molecule has 3 aromatic rings. The molecule has 0 unspecified atom stereocenters. The second kappa shape index (κ2) is 12.7. The molecule has 0 atom stereocenters. The van der Waals surface area contributed by atoms with Gasteiger partial charge in [0, 0.05) is 49.4 Å². The van der Waals surface area contributed by atoms with E-state index in [-0.39, 0.29) is 42.6 Å². The Morgan fingerprint density at radius 1 is 1.03 bits per heavy atom. The summed E-state index contributed by atoms with van der Waals surface area (Å²) in [6.07, 6.45) is 0.519. The lowest BCUT2D eigenvalue weighted by molar-refractivity contribution is -0.384. The Hall–Kier alpha value is -3.63. The number of hydrogen-bond donors (Lipinski definition) is 0. The number of non-ortho nitro benzene ring substituents is 1. The largest absolute Gasteiger partial charge is 0.385 e. The van der Waals surface area contributed by atoms with Crippen molar-refractivity contribution >= 4 is 28.8 Å². The lowest BCUT2D eigenvalue weighted by Crippen LogP contribution is -2.43. The third kappa shape index (κ3) is 7.69. The average molecular weight is 500 g/mol. The van der Waals surface area contributed by atoms with Gasteiger partial charge in [-0.3, -0.25) is 19.7 Å². The molecule has 1 aromatic heterocycles. The van der Waals surface area contributed by atoms with Crippen molar-refractivity contribution in [2.75, 3.05) is 26.8 Å². The maximum atomic E-state index is 13.4. The van der Waals surface area contributed by atoms with E-state index in [2.05, 4.69) is 0 Å². The zero-order chi connectivity index (χ0) is 25.2. The first-order valence-electron chi connectivity index (χ1n) is 10.9. The number of nitrogens with zero attached hydrogens (tertiary/aromatic N) is 3. The Bertz CT molecular complexity index is 1120. The van der Waals surface area contributed by atoms with Crippen molar-refractivity contribution < 1.29 is 23.6 Å². The van der Waals surface area contributed by atoms with Crippen molar-refractivity contribution in [3.63, 3.8) is 0 Å². The number of carbonyl (C=O) groups is 2. The van der Waals surface area contributed by atoms with Gasteiger partial charge in [-0.05, 0) is 47.7 Å². The van der Waals surface area contributed by atoms with Crippen LogP contribution >= 0.6 is 11.3 Å². The fraction of sp³-hybridized carbons (Fsp3) is 0.280. The standard InChI is InChI=1S/C25H26FN3O5S/c1-34-14-3-13-27(25(31)20-7-11-22(12-8-20)29(32)33)18-24(30)28(17-23-4-2-15-35-23)16-19-5-9-21(26)10-6-19/h2,4-12,15H,3,13-14,16-18H2,1H3. The Morgan fingerprint density at radius 2 is 1.74 bits per heavy atom. The molecule has 0 aliphatic heterocycles. The number of carbonyl (C=O) groups excluding carboxylic acids is 2. The van der Waals surface area contributed by atoms with E-state index in [1.807, 2.05) is 17.5 Å². The van der Waals surface area contributed by atoms with E-state index < -0.39 is 10.8 Å². The first kappa shape index (κ1) is 26.0. The predicted molar refractivity (Wildman–Crippen MR) is 130 cm³/mol. The van der Waals surface area contributed by atoms with Crippen LogP contribution in [0.2, 0.25) is 0 Å². The fourth-order valence-electron chi connectivity index (χ4n) is 3.46. The van der Waals surface area contributed by atoms with Crippen molar-refractivity contribution in [2.24, 2.45) is 0 Å². The van der Waals surface area contributed by atoms with Crippen molar-refractivity contribution in [1.82, 2.24) is 9.80 Å². The van der Waals surface area contributed by atoms with Gasteiger partial charge in [0.1, 0.15) is 12.4 Å². The Kier molecular flexibility index (Phi) is 9.45. The van der Waals surface area contributed by atoms with Gasteiger partial charge in [-0.2, -0.15) is 0 Å². The molecular weight excluding hydrogens is 473 g/mol. The van der Waals surface area contributed by atoms with E-state index >= 15 is 0 Å². The number of ether oxygens (including phenoxy) is 1. The number of halogens is 1. The molecule has 35 heavy (non-hydrogen) atoms. The van der Waals surface area contributed by atoms with Crippen LogP contribution in [0.15, 0.2) is 66.0 Å². The molecule has 2 aromatic carbocycles. The van der Waals surface area contributed by atoms with E-state index in [1.54, 1.807) is 24.1 Å². The number of nitro benzene ring substituents is 1. The van der Waals surface area contributed by atoms with Gasteiger partial charge in [-0.15, -0.1) is 11.3 Å². The lowest BCUT2D eigenvalue weighted by atomic mass is 10.1. The maximum Gasteiger partial charge on any atom is 0.269 e. The number of benzene rings is 2. The SMILES string of the molecule is COCCCN(CC(=O)N(Cc1ccc(F)cc1)Cc1cccs1)C(=O)c1ccc([N+](=O)[O-])cc1. The van der Waals surface area contributed by atoms with Crippen LogP contribution in [0, 0.1) is 15.9 Å². The van der Waals surface area contributed by atoms with E-state index in [0.29, 0.717) is 19.6 Å². The van der Waals surface area contributed by atoms with Crippen LogP contribution in [0.25, 0.3) is 0 Å². The third-order valence-corrected chi connectivity index (χ3v) is 6.14. The lowest BCUT2D eigenvalue weighted by Gasteiger charge is -2.28. The highest BCUT2D eigenvalue weighted by Crippen LogP contribution is 2.17. The molecule has 0 saturated carbocycles. The molecular formula is C25H26FN3O5S. The quantitative estimate of drug-likeness (QED) is 0.208. The number of thiophene rings is 1. The third-order valence-electron chi connectivity index (χ3n) is 5.28. The second-order valence-corrected chi connectivity index (χ2v) is 8.86. The Labute approximate surface area is 206 Å². The van der Waals surface area contributed by atoms with E-state index in [4.69, 9.17) is 4.74 Å². The number of nitro groups is 1. The normalized spacial score (nSPS) is 10.7. The molecule has 10 heteroatoms. The zero-order valence-electron chi connectivity index (χ0n) is 19.3. The molecule has 0 aliphatic rings. The Morgan fingerprint density at radius 3 is 2.34 bits per heavy atom. The molecule has 3 rings (SSSR count). The molecule has 0 spiro atoms. The number of methoxy groups -OCH3 is 1. The first-order valence-corrected chi connectivity index (χ1v) is 11.8. The van der Waals surface area contributed by atoms with Crippen LogP contribution < -0.4 is 0 Å². The van der Waals surface area contributed by atoms with Gasteiger partial charge < -0.3 is 14.5 Å². The smallest absolute Gasteiger partial charge is 0.269 e.